The highest BCUT2D eigenvalue weighted by Crippen LogP contribution is 2.37. The summed E-state index contributed by atoms with van der Waals surface area (Å²) in [5, 5.41) is 0.205. The molecule has 0 aliphatic rings. The summed E-state index contributed by atoms with van der Waals surface area (Å²) < 4.78 is 6.29. The van der Waals surface area contributed by atoms with E-state index in [1.54, 1.807) is 0 Å². The van der Waals surface area contributed by atoms with E-state index in [9.17, 15) is 0 Å². The van der Waals surface area contributed by atoms with Crippen molar-refractivity contribution in [1.29, 1.82) is 0 Å². The highest BCUT2D eigenvalue weighted by molar-refractivity contribution is 6.74. The summed E-state index contributed by atoms with van der Waals surface area (Å²) >= 11 is 0. The highest BCUT2D eigenvalue weighted by atomic mass is 28.4. The van der Waals surface area contributed by atoms with Crippen LogP contribution in [0.2, 0.25) is 18.1 Å². The standard InChI is InChI=1S/C21H26OSi/c1-17-7-9-18(10-8-17)11-12-19-13-15-20(16-14-19)22-23(5,6)21(2,3)4/h7-10,13-16H,1-6H3. The quantitative estimate of drug-likeness (QED) is 0.503. The lowest BCUT2D eigenvalue weighted by Crippen LogP contribution is -2.43. The largest absolute Gasteiger partial charge is 0.544 e. The first kappa shape index (κ1) is 17.4. The molecule has 0 radical (unpaired) electrons. The van der Waals surface area contributed by atoms with Crippen LogP contribution in [0.1, 0.15) is 37.5 Å². The summed E-state index contributed by atoms with van der Waals surface area (Å²) in [6.45, 7) is 13.4. The van der Waals surface area contributed by atoms with Gasteiger partial charge in [-0.3, -0.25) is 0 Å². The van der Waals surface area contributed by atoms with Crippen LogP contribution in [-0.4, -0.2) is 8.32 Å². The zero-order valence-corrected chi connectivity index (χ0v) is 16.0. The van der Waals surface area contributed by atoms with Crippen LogP contribution in [0.5, 0.6) is 5.75 Å². The number of aryl methyl sites for hydroxylation is 1. The maximum absolute atomic E-state index is 6.29. The van der Waals surface area contributed by atoms with Gasteiger partial charge < -0.3 is 4.43 Å². The molecular formula is C21H26OSi. The molecule has 23 heavy (non-hydrogen) atoms. The summed E-state index contributed by atoms with van der Waals surface area (Å²) in [6, 6.07) is 16.4. The predicted octanol–water partition coefficient (Wildman–Crippen LogP) is 5.78. The third-order valence-corrected chi connectivity index (χ3v) is 8.79. The molecule has 0 aliphatic heterocycles. The van der Waals surface area contributed by atoms with Gasteiger partial charge >= 0.3 is 0 Å². The van der Waals surface area contributed by atoms with Crippen LogP contribution in [0.25, 0.3) is 0 Å². The fourth-order valence-corrected chi connectivity index (χ4v) is 2.87. The Hall–Kier alpha value is -1.98. The molecule has 0 saturated heterocycles. The molecule has 2 rings (SSSR count). The lowest BCUT2D eigenvalue weighted by atomic mass is 10.1. The lowest BCUT2D eigenvalue weighted by Gasteiger charge is -2.36. The van der Waals surface area contributed by atoms with E-state index in [1.165, 1.54) is 5.56 Å². The maximum Gasteiger partial charge on any atom is 0.250 e. The molecule has 0 aromatic heterocycles. The van der Waals surface area contributed by atoms with Gasteiger partial charge in [-0.2, -0.15) is 0 Å². The zero-order valence-electron chi connectivity index (χ0n) is 15.0. The van der Waals surface area contributed by atoms with Crippen molar-refractivity contribution in [2.75, 3.05) is 0 Å². The van der Waals surface area contributed by atoms with Crippen LogP contribution in [0.3, 0.4) is 0 Å². The number of rotatable bonds is 2. The molecule has 0 atom stereocenters. The van der Waals surface area contributed by atoms with Gasteiger partial charge in [-0.05, 0) is 61.5 Å². The van der Waals surface area contributed by atoms with Gasteiger partial charge in [-0.25, -0.2) is 0 Å². The molecule has 0 bridgehead atoms. The Bertz CT molecular complexity index is 708. The van der Waals surface area contributed by atoms with Crippen LogP contribution in [0.4, 0.5) is 0 Å². The van der Waals surface area contributed by atoms with Crippen LogP contribution >= 0.6 is 0 Å². The second kappa shape index (κ2) is 6.64. The Morgan fingerprint density at radius 3 is 1.65 bits per heavy atom. The van der Waals surface area contributed by atoms with E-state index >= 15 is 0 Å². The molecule has 2 aromatic carbocycles. The summed E-state index contributed by atoms with van der Waals surface area (Å²) in [4.78, 5) is 0. The zero-order chi connectivity index (χ0) is 17.1. The molecule has 0 spiro atoms. The minimum atomic E-state index is -1.78. The van der Waals surface area contributed by atoms with Crippen LogP contribution in [0, 0.1) is 18.8 Å². The molecule has 0 aliphatic carbocycles. The van der Waals surface area contributed by atoms with E-state index in [0.717, 1.165) is 16.9 Å². The van der Waals surface area contributed by atoms with Gasteiger partial charge in [0, 0.05) is 11.1 Å². The van der Waals surface area contributed by atoms with E-state index in [-0.39, 0.29) is 5.04 Å². The van der Waals surface area contributed by atoms with Gasteiger partial charge in [0.2, 0.25) is 8.32 Å². The van der Waals surface area contributed by atoms with Crippen molar-refractivity contribution >= 4 is 8.32 Å². The Kier molecular flexibility index (Phi) is 5.02. The SMILES string of the molecule is Cc1ccc(C#Cc2ccc(O[Si](C)(C)C(C)(C)C)cc2)cc1. The number of hydrogen-bond donors (Lipinski definition) is 0. The van der Waals surface area contributed by atoms with E-state index in [2.05, 4.69) is 76.9 Å². The molecule has 0 heterocycles. The molecular weight excluding hydrogens is 296 g/mol. The second-order valence-electron chi connectivity index (χ2n) is 7.50. The van der Waals surface area contributed by atoms with Gasteiger partial charge in [0.05, 0.1) is 0 Å². The van der Waals surface area contributed by atoms with Gasteiger partial charge in [-0.1, -0.05) is 50.3 Å². The van der Waals surface area contributed by atoms with Gasteiger partial charge in [0.25, 0.3) is 0 Å². The average molecular weight is 323 g/mol. The minimum Gasteiger partial charge on any atom is -0.544 e. The fraction of sp³-hybridized carbons (Fsp3) is 0.333. The fourth-order valence-electron chi connectivity index (χ4n) is 1.84. The monoisotopic (exact) mass is 322 g/mol. The van der Waals surface area contributed by atoms with Gasteiger partial charge in [-0.15, -0.1) is 0 Å². The molecule has 0 unspecified atom stereocenters. The highest BCUT2D eigenvalue weighted by Gasteiger charge is 2.38. The van der Waals surface area contributed by atoms with Crippen LogP contribution in [-0.2, 0) is 0 Å². The van der Waals surface area contributed by atoms with Crippen molar-refractivity contribution in [2.24, 2.45) is 0 Å². The first-order valence-electron chi connectivity index (χ1n) is 8.05. The molecule has 2 aromatic rings. The summed E-state index contributed by atoms with van der Waals surface area (Å²) in [6.07, 6.45) is 0. The van der Waals surface area contributed by atoms with Gasteiger partial charge in [0.15, 0.2) is 0 Å². The molecule has 0 fully saturated rings. The third kappa shape index (κ3) is 4.74. The third-order valence-electron chi connectivity index (χ3n) is 4.44. The Labute approximate surface area is 141 Å². The molecule has 120 valence electrons. The first-order valence-corrected chi connectivity index (χ1v) is 11.0. The number of benzene rings is 2. The Morgan fingerprint density at radius 1 is 0.783 bits per heavy atom. The van der Waals surface area contributed by atoms with Crippen molar-refractivity contribution in [1.82, 2.24) is 0 Å². The second-order valence-corrected chi connectivity index (χ2v) is 12.2. The van der Waals surface area contributed by atoms with Crippen molar-refractivity contribution in [3.8, 4) is 17.6 Å². The smallest absolute Gasteiger partial charge is 0.250 e. The Balaban J connectivity index is 2.10. The molecule has 1 nitrogen and oxygen atoms in total. The van der Waals surface area contributed by atoms with E-state index in [0.29, 0.717) is 0 Å². The average Bonchev–Trinajstić information content (AvgIpc) is 2.47. The topological polar surface area (TPSA) is 9.23 Å². The van der Waals surface area contributed by atoms with Crippen molar-refractivity contribution in [3.05, 3.63) is 65.2 Å². The van der Waals surface area contributed by atoms with E-state index in [4.69, 9.17) is 4.43 Å². The summed E-state index contributed by atoms with van der Waals surface area (Å²) in [5.41, 5.74) is 3.30. The van der Waals surface area contributed by atoms with Crippen molar-refractivity contribution in [3.63, 3.8) is 0 Å². The predicted molar refractivity (Wildman–Crippen MR) is 101 cm³/mol. The van der Waals surface area contributed by atoms with Crippen LogP contribution < -0.4 is 4.43 Å². The minimum absolute atomic E-state index is 0.205. The number of hydrogen-bond acceptors (Lipinski definition) is 1. The molecule has 0 N–H and O–H groups in total. The lowest BCUT2D eigenvalue weighted by molar-refractivity contribution is 0.492. The first-order chi connectivity index (χ1) is 10.7. The summed E-state index contributed by atoms with van der Waals surface area (Å²) in [5.74, 6) is 7.35. The Morgan fingerprint density at radius 2 is 1.22 bits per heavy atom. The molecule has 0 amide bonds. The molecule has 2 heteroatoms. The van der Waals surface area contributed by atoms with Crippen LogP contribution in [0.15, 0.2) is 48.5 Å². The normalized spacial score (nSPS) is 11.6. The van der Waals surface area contributed by atoms with E-state index in [1.807, 2.05) is 24.3 Å². The summed E-state index contributed by atoms with van der Waals surface area (Å²) in [7, 11) is -1.78. The van der Waals surface area contributed by atoms with E-state index < -0.39 is 8.32 Å². The van der Waals surface area contributed by atoms with Crippen molar-refractivity contribution in [2.45, 2.75) is 45.8 Å². The maximum atomic E-state index is 6.29. The molecule has 0 saturated carbocycles. The van der Waals surface area contributed by atoms with Gasteiger partial charge in [0.1, 0.15) is 5.75 Å². The van der Waals surface area contributed by atoms with Crippen molar-refractivity contribution < 1.29 is 4.43 Å².